The number of fused-ring (bicyclic) bond motifs is 1. The fourth-order valence-electron chi connectivity index (χ4n) is 2.57. The zero-order valence-corrected chi connectivity index (χ0v) is 14.6. The van der Waals surface area contributed by atoms with Gasteiger partial charge in [-0.3, -0.25) is 9.36 Å². The molecule has 0 saturated carbocycles. The minimum atomic E-state index is -0.417. The molecule has 2 aromatic heterocycles. The first-order chi connectivity index (χ1) is 12.5. The average Bonchev–Trinajstić information content (AvgIpc) is 3.05. The molecule has 6 nitrogen and oxygen atoms in total. The van der Waals surface area contributed by atoms with E-state index in [1.807, 2.05) is 0 Å². The van der Waals surface area contributed by atoms with Crippen molar-refractivity contribution in [3.8, 4) is 5.69 Å². The Morgan fingerprint density at radius 3 is 2.69 bits per heavy atom. The largest absolute Gasteiger partial charge is 0.293 e. The molecular formula is C17H10Cl2FN5O. The molecule has 4 rings (SSSR count). The average molecular weight is 390 g/mol. The quantitative estimate of drug-likeness (QED) is 0.537. The highest BCUT2D eigenvalue weighted by Crippen LogP contribution is 2.23. The topological polar surface area (TPSA) is 65.6 Å². The summed E-state index contributed by atoms with van der Waals surface area (Å²) in [5.41, 5.74) is 1.22. The van der Waals surface area contributed by atoms with Gasteiger partial charge in [-0.05, 0) is 35.9 Å². The van der Waals surface area contributed by atoms with Crippen LogP contribution in [0.15, 0.2) is 53.6 Å². The third kappa shape index (κ3) is 2.95. The molecule has 0 aliphatic rings. The smallest absolute Gasteiger partial charge is 0.283 e. The maximum atomic E-state index is 13.4. The molecule has 0 spiro atoms. The predicted octanol–water partition coefficient (Wildman–Crippen LogP) is 3.47. The number of benzene rings is 2. The molecule has 0 aliphatic carbocycles. The summed E-state index contributed by atoms with van der Waals surface area (Å²) in [6.45, 7) is 0.255. The number of hydrogen-bond donors (Lipinski definition) is 0. The first-order valence-corrected chi connectivity index (χ1v) is 8.29. The van der Waals surface area contributed by atoms with Crippen molar-refractivity contribution < 1.29 is 4.39 Å². The van der Waals surface area contributed by atoms with E-state index in [1.165, 1.54) is 27.7 Å². The maximum Gasteiger partial charge on any atom is 0.283 e. The van der Waals surface area contributed by atoms with Crippen LogP contribution in [0.25, 0.3) is 16.9 Å². The second kappa shape index (κ2) is 6.51. The highest BCUT2D eigenvalue weighted by Gasteiger charge is 2.14. The summed E-state index contributed by atoms with van der Waals surface area (Å²) >= 11 is 11.9. The van der Waals surface area contributed by atoms with Crippen LogP contribution < -0.4 is 5.56 Å². The van der Waals surface area contributed by atoms with E-state index in [1.54, 1.807) is 30.3 Å². The van der Waals surface area contributed by atoms with Crippen molar-refractivity contribution in [2.75, 3.05) is 0 Å². The zero-order valence-electron chi connectivity index (χ0n) is 13.1. The van der Waals surface area contributed by atoms with Gasteiger partial charge in [0.05, 0.1) is 22.3 Å². The molecule has 0 atom stereocenters. The highest BCUT2D eigenvalue weighted by atomic mass is 35.5. The van der Waals surface area contributed by atoms with Crippen LogP contribution in [0.5, 0.6) is 0 Å². The lowest BCUT2D eigenvalue weighted by Gasteiger charge is -2.07. The molecule has 0 fully saturated rings. The number of halogens is 3. The van der Waals surface area contributed by atoms with E-state index in [9.17, 15) is 9.18 Å². The Bertz CT molecular complexity index is 1190. The van der Waals surface area contributed by atoms with E-state index in [-0.39, 0.29) is 23.3 Å². The van der Waals surface area contributed by atoms with Crippen molar-refractivity contribution in [2.45, 2.75) is 6.54 Å². The van der Waals surface area contributed by atoms with Crippen molar-refractivity contribution in [2.24, 2.45) is 0 Å². The molecule has 9 heteroatoms. The summed E-state index contributed by atoms with van der Waals surface area (Å²) in [6.07, 6.45) is 1.40. The van der Waals surface area contributed by atoms with Crippen LogP contribution in [0.4, 0.5) is 4.39 Å². The van der Waals surface area contributed by atoms with E-state index in [4.69, 9.17) is 23.2 Å². The van der Waals surface area contributed by atoms with Crippen molar-refractivity contribution in [3.05, 3.63) is 80.6 Å². The fraction of sp³-hybridized carbons (Fsp3) is 0.0588. The van der Waals surface area contributed by atoms with Crippen LogP contribution in [0.1, 0.15) is 5.56 Å². The lowest BCUT2D eigenvalue weighted by atomic mass is 10.2. The second-order valence-electron chi connectivity index (χ2n) is 5.58. The van der Waals surface area contributed by atoms with Gasteiger partial charge in [0.1, 0.15) is 12.1 Å². The lowest BCUT2D eigenvalue weighted by Crippen LogP contribution is -2.21. The molecule has 0 unspecified atom stereocenters. The van der Waals surface area contributed by atoms with Crippen LogP contribution in [0, 0.1) is 5.82 Å². The lowest BCUT2D eigenvalue weighted by molar-refractivity contribution is 0.625. The molecule has 0 aliphatic heterocycles. The maximum absolute atomic E-state index is 13.4. The van der Waals surface area contributed by atoms with Crippen molar-refractivity contribution in [1.82, 2.24) is 24.5 Å². The Labute approximate surface area is 156 Å². The SMILES string of the molecule is O=c1c2nnn(-c3cccc(F)c3)c2ncn1Cc1ccc(Cl)c(Cl)c1. The molecule has 0 bridgehead atoms. The molecule has 0 radical (unpaired) electrons. The molecule has 2 heterocycles. The summed E-state index contributed by atoms with van der Waals surface area (Å²) in [5, 5.41) is 8.68. The zero-order chi connectivity index (χ0) is 18.3. The van der Waals surface area contributed by atoms with Gasteiger partial charge in [-0.15, -0.1) is 5.10 Å². The molecule has 0 saturated heterocycles. The molecule has 130 valence electrons. The molecule has 26 heavy (non-hydrogen) atoms. The van der Waals surface area contributed by atoms with Crippen LogP contribution in [-0.4, -0.2) is 24.5 Å². The molecular weight excluding hydrogens is 380 g/mol. The summed E-state index contributed by atoms with van der Waals surface area (Å²) < 4.78 is 16.2. The van der Waals surface area contributed by atoms with Crippen molar-refractivity contribution >= 4 is 34.4 Å². The van der Waals surface area contributed by atoms with Crippen LogP contribution >= 0.6 is 23.2 Å². The van der Waals surface area contributed by atoms with Gasteiger partial charge in [0.15, 0.2) is 11.2 Å². The van der Waals surface area contributed by atoms with Crippen molar-refractivity contribution in [3.63, 3.8) is 0 Å². The first kappa shape index (κ1) is 16.7. The van der Waals surface area contributed by atoms with Crippen molar-refractivity contribution in [1.29, 1.82) is 0 Å². The van der Waals surface area contributed by atoms with Crippen LogP contribution in [0.3, 0.4) is 0 Å². The van der Waals surface area contributed by atoms with Gasteiger partial charge in [0.2, 0.25) is 0 Å². The van der Waals surface area contributed by atoms with E-state index >= 15 is 0 Å². The van der Waals surface area contributed by atoms with Crippen LogP contribution in [-0.2, 0) is 6.54 Å². The van der Waals surface area contributed by atoms with Gasteiger partial charge >= 0.3 is 0 Å². The number of rotatable bonds is 3. The highest BCUT2D eigenvalue weighted by molar-refractivity contribution is 6.42. The van der Waals surface area contributed by atoms with Gasteiger partial charge in [-0.2, -0.15) is 4.68 Å². The van der Waals surface area contributed by atoms with Gasteiger partial charge in [-0.1, -0.05) is 40.5 Å². The minimum absolute atomic E-state index is 0.0943. The van der Waals surface area contributed by atoms with E-state index < -0.39 is 5.82 Å². The normalized spacial score (nSPS) is 11.2. The summed E-state index contributed by atoms with van der Waals surface area (Å²) in [4.78, 5) is 16.9. The Kier molecular flexibility index (Phi) is 4.18. The summed E-state index contributed by atoms with van der Waals surface area (Å²) in [7, 11) is 0. The first-order valence-electron chi connectivity index (χ1n) is 7.53. The monoisotopic (exact) mass is 389 g/mol. The molecule has 2 aromatic carbocycles. The van der Waals surface area contributed by atoms with E-state index in [2.05, 4.69) is 15.3 Å². The Morgan fingerprint density at radius 2 is 1.92 bits per heavy atom. The summed E-state index contributed by atoms with van der Waals surface area (Å²) in [6, 6.07) is 10.9. The number of aromatic nitrogens is 5. The van der Waals surface area contributed by atoms with Gasteiger partial charge in [0.25, 0.3) is 5.56 Å². The number of hydrogen-bond acceptors (Lipinski definition) is 4. The molecule has 0 N–H and O–H groups in total. The van der Waals surface area contributed by atoms with Gasteiger partial charge < -0.3 is 0 Å². The molecule has 4 aromatic rings. The fourth-order valence-corrected chi connectivity index (χ4v) is 2.89. The predicted molar refractivity (Wildman–Crippen MR) is 96.4 cm³/mol. The van der Waals surface area contributed by atoms with E-state index in [0.29, 0.717) is 15.7 Å². The van der Waals surface area contributed by atoms with E-state index in [0.717, 1.165) is 5.56 Å². The third-order valence-electron chi connectivity index (χ3n) is 3.82. The Balaban J connectivity index is 1.76. The van der Waals surface area contributed by atoms with Gasteiger partial charge in [0, 0.05) is 0 Å². The number of nitrogens with zero attached hydrogens (tertiary/aromatic N) is 5. The third-order valence-corrected chi connectivity index (χ3v) is 4.56. The minimum Gasteiger partial charge on any atom is -0.293 e. The standard InChI is InChI=1S/C17H10Cl2FN5O/c18-13-5-4-10(6-14(13)19)8-24-9-21-16-15(17(24)26)22-23-25(16)12-3-1-2-11(20)7-12/h1-7,9H,8H2. The van der Waals surface area contributed by atoms with Crippen LogP contribution in [0.2, 0.25) is 10.0 Å². The Morgan fingerprint density at radius 1 is 1.08 bits per heavy atom. The van der Waals surface area contributed by atoms with Gasteiger partial charge in [-0.25, -0.2) is 9.37 Å². The summed E-state index contributed by atoms with van der Waals surface area (Å²) in [5.74, 6) is -0.417. The molecule has 0 amide bonds. The second-order valence-corrected chi connectivity index (χ2v) is 6.39. The Hall–Kier alpha value is -2.77.